The largest absolute Gasteiger partial charge is 0.481 e. The molecule has 0 bridgehead atoms. The van der Waals surface area contributed by atoms with E-state index in [0.717, 1.165) is 24.0 Å². The summed E-state index contributed by atoms with van der Waals surface area (Å²) in [6.07, 6.45) is 7.43. The molecular formula is C27H31N5O4. The Labute approximate surface area is 210 Å². The number of nitrogens with one attached hydrogen (secondary N) is 2. The number of rotatable bonds is 8. The number of aliphatic carboxylic acids is 1. The first-order chi connectivity index (χ1) is 17.2. The minimum Gasteiger partial charge on any atom is -0.481 e. The number of benzene rings is 1. The molecule has 3 heterocycles. The van der Waals surface area contributed by atoms with Crippen molar-refractivity contribution in [3.05, 3.63) is 78.2 Å². The minimum absolute atomic E-state index is 0.0143. The van der Waals surface area contributed by atoms with Gasteiger partial charge in [-0.2, -0.15) is 0 Å². The zero-order valence-electron chi connectivity index (χ0n) is 20.5. The van der Waals surface area contributed by atoms with Crippen LogP contribution in [0.3, 0.4) is 0 Å². The zero-order chi connectivity index (χ0) is 25.7. The van der Waals surface area contributed by atoms with Gasteiger partial charge in [0.2, 0.25) is 5.91 Å². The van der Waals surface area contributed by atoms with Gasteiger partial charge in [-0.05, 0) is 62.1 Å². The molecule has 1 fully saturated rings. The van der Waals surface area contributed by atoms with Crippen LogP contribution in [0.2, 0.25) is 0 Å². The van der Waals surface area contributed by atoms with Gasteiger partial charge in [-0.25, -0.2) is 9.78 Å². The molecule has 0 saturated carbocycles. The van der Waals surface area contributed by atoms with E-state index in [0.29, 0.717) is 24.6 Å². The quantitative estimate of drug-likeness (QED) is 0.429. The van der Waals surface area contributed by atoms with Gasteiger partial charge in [0.05, 0.1) is 17.9 Å². The molecule has 188 valence electrons. The van der Waals surface area contributed by atoms with Crippen molar-refractivity contribution in [2.75, 3.05) is 17.2 Å². The number of amides is 3. The van der Waals surface area contributed by atoms with Crippen LogP contribution in [-0.2, 0) is 22.6 Å². The van der Waals surface area contributed by atoms with Crippen LogP contribution >= 0.6 is 0 Å². The third-order valence-corrected chi connectivity index (χ3v) is 6.34. The van der Waals surface area contributed by atoms with E-state index in [9.17, 15) is 19.5 Å². The number of carboxylic acids is 1. The number of urea groups is 1. The van der Waals surface area contributed by atoms with Gasteiger partial charge in [0.1, 0.15) is 5.82 Å². The highest BCUT2D eigenvalue weighted by atomic mass is 16.4. The van der Waals surface area contributed by atoms with Crippen molar-refractivity contribution in [1.82, 2.24) is 14.5 Å². The van der Waals surface area contributed by atoms with Crippen LogP contribution in [0, 0.1) is 5.41 Å². The molecule has 4 rings (SSSR count). The zero-order valence-corrected chi connectivity index (χ0v) is 20.5. The smallest absolute Gasteiger partial charge is 0.324 e. The van der Waals surface area contributed by atoms with Crippen LogP contribution in [0.15, 0.2) is 67.1 Å². The van der Waals surface area contributed by atoms with Crippen LogP contribution in [0.4, 0.5) is 16.3 Å². The van der Waals surface area contributed by atoms with E-state index in [-0.39, 0.29) is 18.4 Å². The maximum absolute atomic E-state index is 13.1. The summed E-state index contributed by atoms with van der Waals surface area (Å²) in [5, 5.41) is 14.8. The van der Waals surface area contributed by atoms with Crippen LogP contribution in [-0.4, -0.2) is 44.0 Å². The van der Waals surface area contributed by atoms with Crippen molar-refractivity contribution in [1.29, 1.82) is 0 Å². The number of nitrogens with zero attached hydrogens (tertiary/aromatic N) is 3. The number of carboxylic acid groups (broad SMARTS) is 1. The second-order valence-corrected chi connectivity index (χ2v) is 9.72. The molecule has 1 aromatic carbocycles. The monoisotopic (exact) mass is 489 g/mol. The van der Waals surface area contributed by atoms with Crippen molar-refractivity contribution in [2.45, 2.75) is 45.7 Å². The molecule has 0 aliphatic carbocycles. The molecule has 0 spiro atoms. The fraction of sp³-hybridized carbons (Fsp3) is 0.333. The number of likely N-dealkylation sites (tertiary alicyclic amines) is 1. The van der Waals surface area contributed by atoms with Gasteiger partial charge in [-0.3, -0.25) is 14.9 Å². The number of carbonyl (C=O) groups excluding carboxylic acids is 2. The number of para-hydroxylation sites is 1. The molecule has 36 heavy (non-hydrogen) atoms. The number of hydrogen-bond donors (Lipinski definition) is 3. The molecule has 1 unspecified atom stereocenters. The third-order valence-electron chi connectivity index (χ3n) is 6.34. The van der Waals surface area contributed by atoms with Crippen molar-refractivity contribution in [3.8, 4) is 0 Å². The molecule has 1 atom stereocenters. The Morgan fingerprint density at radius 2 is 1.86 bits per heavy atom. The van der Waals surface area contributed by atoms with Gasteiger partial charge in [-0.15, -0.1) is 0 Å². The van der Waals surface area contributed by atoms with Crippen molar-refractivity contribution < 1.29 is 19.5 Å². The standard InChI is InChI=1S/C27H31N5O4/c1-27(2,25(34)35)18-31-14-12-20(17-31)22-9-6-13-32(22)24(33)15-19-10-11-23(28-16-19)30-26(36)29-21-7-4-3-5-8-21/h3-5,7-8,10-12,14,16-17,22H,6,9,13,15,18H2,1-2H3,(H,34,35)(H2,28,29,30,36). The van der Waals surface area contributed by atoms with Crippen LogP contribution < -0.4 is 10.6 Å². The molecule has 3 aromatic rings. The summed E-state index contributed by atoms with van der Waals surface area (Å²) in [6.45, 7) is 4.44. The summed E-state index contributed by atoms with van der Waals surface area (Å²) in [4.78, 5) is 42.9. The van der Waals surface area contributed by atoms with Gasteiger partial charge in [0.25, 0.3) is 0 Å². The normalized spacial score (nSPS) is 15.5. The lowest BCUT2D eigenvalue weighted by Gasteiger charge is -2.24. The van der Waals surface area contributed by atoms with E-state index in [1.165, 1.54) is 0 Å². The SMILES string of the molecule is CC(C)(Cn1ccc(C2CCCN2C(=O)Cc2ccc(NC(=O)Nc3ccccc3)nc2)c1)C(=O)O. The van der Waals surface area contributed by atoms with E-state index in [1.54, 1.807) is 44.3 Å². The van der Waals surface area contributed by atoms with Crippen LogP contribution in [0.5, 0.6) is 0 Å². The van der Waals surface area contributed by atoms with Crippen molar-refractivity contribution >= 4 is 29.4 Å². The molecule has 1 saturated heterocycles. The lowest BCUT2D eigenvalue weighted by atomic mass is 9.94. The fourth-order valence-electron chi connectivity index (χ4n) is 4.37. The first-order valence-corrected chi connectivity index (χ1v) is 12.0. The molecule has 2 aromatic heterocycles. The van der Waals surface area contributed by atoms with Gasteiger partial charge < -0.3 is 19.9 Å². The maximum Gasteiger partial charge on any atom is 0.324 e. The van der Waals surface area contributed by atoms with Gasteiger partial charge in [-0.1, -0.05) is 24.3 Å². The first-order valence-electron chi connectivity index (χ1n) is 12.0. The van der Waals surface area contributed by atoms with E-state index in [2.05, 4.69) is 15.6 Å². The maximum atomic E-state index is 13.1. The number of hydrogen-bond acceptors (Lipinski definition) is 4. The summed E-state index contributed by atoms with van der Waals surface area (Å²) in [5.41, 5.74) is 1.58. The van der Waals surface area contributed by atoms with Crippen LogP contribution in [0.25, 0.3) is 0 Å². The molecule has 1 aliphatic rings. The second kappa shape index (κ2) is 10.6. The average Bonchev–Trinajstić information content (AvgIpc) is 3.50. The minimum atomic E-state index is -0.877. The van der Waals surface area contributed by atoms with E-state index in [4.69, 9.17) is 0 Å². The molecule has 9 nitrogen and oxygen atoms in total. The Hall–Kier alpha value is -4.14. The number of pyridine rings is 1. The highest BCUT2D eigenvalue weighted by Gasteiger charge is 2.32. The highest BCUT2D eigenvalue weighted by molar-refractivity contribution is 5.99. The number of anilines is 2. The Morgan fingerprint density at radius 1 is 1.08 bits per heavy atom. The van der Waals surface area contributed by atoms with E-state index < -0.39 is 17.4 Å². The van der Waals surface area contributed by atoms with Crippen molar-refractivity contribution in [3.63, 3.8) is 0 Å². The summed E-state index contributed by atoms with van der Waals surface area (Å²) >= 11 is 0. The lowest BCUT2D eigenvalue weighted by Crippen LogP contribution is -2.32. The topological polar surface area (TPSA) is 117 Å². The van der Waals surface area contributed by atoms with E-state index in [1.807, 2.05) is 46.1 Å². The van der Waals surface area contributed by atoms with Gasteiger partial charge >= 0.3 is 12.0 Å². The summed E-state index contributed by atoms with van der Waals surface area (Å²) in [7, 11) is 0. The average molecular weight is 490 g/mol. The van der Waals surface area contributed by atoms with Gasteiger partial charge in [0.15, 0.2) is 0 Å². The summed E-state index contributed by atoms with van der Waals surface area (Å²) in [6, 6.07) is 14.1. The lowest BCUT2D eigenvalue weighted by molar-refractivity contribution is -0.147. The molecule has 3 N–H and O–H groups in total. The van der Waals surface area contributed by atoms with Gasteiger partial charge in [0, 0.05) is 37.4 Å². The first kappa shape index (κ1) is 25.0. The van der Waals surface area contributed by atoms with Crippen molar-refractivity contribution in [2.24, 2.45) is 5.41 Å². The highest BCUT2D eigenvalue weighted by Crippen LogP contribution is 2.33. The molecule has 1 aliphatic heterocycles. The number of carbonyl (C=O) groups is 3. The number of aromatic nitrogens is 2. The third kappa shape index (κ3) is 6.10. The predicted molar refractivity (Wildman–Crippen MR) is 137 cm³/mol. The second-order valence-electron chi connectivity index (χ2n) is 9.72. The fourth-order valence-corrected chi connectivity index (χ4v) is 4.37. The Morgan fingerprint density at radius 3 is 2.56 bits per heavy atom. The molecule has 9 heteroatoms. The Balaban J connectivity index is 1.34. The van der Waals surface area contributed by atoms with Crippen LogP contribution in [0.1, 0.15) is 43.9 Å². The predicted octanol–water partition coefficient (Wildman–Crippen LogP) is 4.54. The molecule has 3 amide bonds. The Kier molecular flexibility index (Phi) is 7.38. The molecular weight excluding hydrogens is 458 g/mol. The summed E-state index contributed by atoms with van der Waals surface area (Å²) in [5.74, 6) is -0.438. The van der Waals surface area contributed by atoms with E-state index >= 15 is 0 Å². The molecule has 0 radical (unpaired) electrons. The Bertz CT molecular complexity index is 1220. The summed E-state index contributed by atoms with van der Waals surface area (Å²) < 4.78 is 1.88.